The molecule has 0 spiro atoms. The van der Waals surface area contributed by atoms with E-state index >= 15 is 0 Å². The van der Waals surface area contributed by atoms with E-state index in [0.717, 1.165) is 15.8 Å². The van der Waals surface area contributed by atoms with Gasteiger partial charge in [0.1, 0.15) is 5.00 Å². The molecule has 0 aliphatic heterocycles. The highest BCUT2D eigenvalue weighted by molar-refractivity contribution is 7.89. The SMILES string of the molecule is CN(CCC(F)(F)F)c1snc(N)c1S(=O)(=O)N(C)C. The van der Waals surface area contributed by atoms with Crippen LogP contribution in [0.3, 0.4) is 0 Å². The van der Waals surface area contributed by atoms with Crippen molar-refractivity contribution in [1.82, 2.24) is 8.68 Å². The van der Waals surface area contributed by atoms with Crippen molar-refractivity contribution in [3.05, 3.63) is 0 Å². The van der Waals surface area contributed by atoms with Gasteiger partial charge in [0.25, 0.3) is 0 Å². The van der Waals surface area contributed by atoms with E-state index in [-0.39, 0.29) is 22.3 Å². The van der Waals surface area contributed by atoms with E-state index in [1.807, 2.05) is 0 Å². The van der Waals surface area contributed by atoms with Crippen LogP contribution in [0.4, 0.5) is 24.0 Å². The summed E-state index contributed by atoms with van der Waals surface area (Å²) in [6.45, 7) is -0.374. The molecule has 1 aromatic heterocycles. The minimum absolute atomic E-state index is 0.0976. The molecule has 0 aromatic carbocycles. The summed E-state index contributed by atoms with van der Waals surface area (Å²) >= 11 is 0.757. The third-order valence-electron chi connectivity index (χ3n) is 2.47. The lowest BCUT2D eigenvalue weighted by atomic mass is 10.4. The molecule has 0 bridgehead atoms. The number of sulfonamides is 1. The summed E-state index contributed by atoms with van der Waals surface area (Å²) in [6, 6.07) is 0. The van der Waals surface area contributed by atoms with Crippen molar-refractivity contribution in [2.75, 3.05) is 38.3 Å². The van der Waals surface area contributed by atoms with Crippen LogP contribution >= 0.6 is 11.5 Å². The van der Waals surface area contributed by atoms with Gasteiger partial charge in [-0.15, -0.1) is 0 Å². The third kappa shape index (κ3) is 3.73. The van der Waals surface area contributed by atoms with Gasteiger partial charge < -0.3 is 10.6 Å². The van der Waals surface area contributed by atoms with Gasteiger partial charge in [0.05, 0.1) is 6.42 Å². The minimum atomic E-state index is -4.31. The summed E-state index contributed by atoms with van der Waals surface area (Å²) in [5, 5.41) is 0.0976. The summed E-state index contributed by atoms with van der Waals surface area (Å²) in [5.41, 5.74) is 5.53. The number of alkyl halides is 3. The molecule has 2 N–H and O–H groups in total. The molecule has 0 saturated heterocycles. The van der Waals surface area contributed by atoms with Crippen molar-refractivity contribution in [2.45, 2.75) is 17.5 Å². The number of anilines is 2. The van der Waals surface area contributed by atoms with E-state index in [4.69, 9.17) is 5.73 Å². The molecule has 6 nitrogen and oxygen atoms in total. The van der Waals surface area contributed by atoms with E-state index in [2.05, 4.69) is 4.37 Å². The summed E-state index contributed by atoms with van der Waals surface area (Å²) in [5.74, 6) is -0.211. The predicted molar refractivity (Wildman–Crippen MR) is 71.3 cm³/mol. The Bertz CT molecular complexity index is 568. The molecule has 0 fully saturated rings. The molecule has 11 heteroatoms. The number of nitrogen functional groups attached to an aromatic ring is 1. The Labute approximate surface area is 119 Å². The molecular weight excluding hydrogens is 317 g/mol. The Hall–Kier alpha value is -1.07. The predicted octanol–water partition coefficient (Wildman–Crippen LogP) is 1.36. The van der Waals surface area contributed by atoms with Crippen LogP contribution in [0.5, 0.6) is 0 Å². The van der Waals surface area contributed by atoms with Crippen LogP contribution < -0.4 is 10.6 Å². The maximum Gasteiger partial charge on any atom is 0.390 e. The van der Waals surface area contributed by atoms with Gasteiger partial charge in [-0.25, -0.2) is 12.7 Å². The van der Waals surface area contributed by atoms with Gasteiger partial charge in [-0.3, -0.25) is 0 Å². The van der Waals surface area contributed by atoms with E-state index in [1.54, 1.807) is 0 Å². The molecule has 0 atom stereocenters. The fourth-order valence-electron chi connectivity index (χ4n) is 1.35. The first-order valence-electron chi connectivity index (χ1n) is 5.42. The van der Waals surface area contributed by atoms with E-state index in [9.17, 15) is 21.6 Å². The number of nitrogens with two attached hydrogens (primary N) is 1. The Morgan fingerprint density at radius 2 is 1.85 bits per heavy atom. The third-order valence-corrected chi connectivity index (χ3v) is 5.46. The lowest BCUT2D eigenvalue weighted by Gasteiger charge is -2.20. The fraction of sp³-hybridized carbons (Fsp3) is 0.667. The van der Waals surface area contributed by atoms with E-state index in [1.165, 1.54) is 26.0 Å². The van der Waals surface area contributed by atoms with Crippen LogP contribution in [0.15, 0.2) is 4.90 Å². The van der Waals surface area contributed by atoms with Crippen LogP contribution in [0.1, 0.15) is 6.42 Å². The van der Waals surface area contributed by atoms with Crippen molar-refractivity contribution in [3.63, 3.8) is 0 Å². The molecule has 0 unspecified atom stereocenters. The molecule has 1 rings (SSSR count). The number of halogens is 3. The number of aromatic nitrogens is 1. The topological polar surface area (TPSA) is 79.5 Å². The molecule has 1 aromatic rings. The van der Waals surface area contributed by atoms with Crippen molar-refractivity contribution in [2.24, 2.45) is 0 Å². The first-order valence-corrected chi connectivity index (χ1v) is 7.63. The van der Waals surface area contributed by atoms with Gasteiger partial charge in [0.2, 0.25) is 10.0 Å². The smallest absolute Gasteiger partial charge is 0.382 e. The second-order valence-corrected chi connectivity index (χ2v) is 7.12. The molecule has 20 heavy (non-hydrogen) atoms. The molecule has 0 aliphatic rings. The second kappa shape index (κ2) is 5.74. The summed E-state index contributed by atoms with van der Waals surface area (Å²) in [4.78, 5) is 0.940. The summed E-state index contributed by atoms with van der Waals surface area (Å²) < 4.78 is 65.5. The number of hydrogen-bond acceptors (Lipinski definition) is 6. The van der Waals surface area contributed by atoms with Crippen LogP contribution in [0, 0.1) is 0 Å². The zero-order valence-corrected chi connectivity index (χ0v) is 12.7. The van der Waals surface area contributed by atoms with Crippen LogP contribution in [0.2, 0.25) is 0 Å². The van der Waals surface area contributed by atoms with Gasteiger partial charge in [-0.1, -0.05) is 0 Å². The van der Waals surface area contributed by atoms with Crippen molar-refractivity contribution >= 4 is 32.4 Å². The largest absolute Gasteiger partial charge is 0.390 e. The van der Waals surface area contributed by atoms with Gasteiger partial charge >= 0.3 is 6.18 Å². The fourth-order valence-corrected chi connectivity index (χ4v) is 3.58. The monoisotopic (exact) mass is 332 g/mol. The zero-order valence-electron chi connectivity index (χ0n) is 11.1. The molecule has 116 valence electrons. The van der Waals surface area contributed by atoms with Crippen molar-refractivity contribution < 1.29 is 21.6 Å². The van der Waals surface area contributed by atoms with E-state index in [0.29, 0.717) is 0 Å². The van der Waals surface area contributed by atoms with Crippen LogP contribution in [-0.4, -0.2) is 51.0 Å². The van der Waals surface area contributed by atoms with Gasteiger partial charge in [0.15, 0.2) is 10.7 Å². The number of rotatable bonds is 5. The lowest BCUT2D eigenvalue weighted by Crippen LogP contribution is -2.27. The molecule has 0 aliphatic carbocycles. The zero-order chi connectivity index (χ0) is 15.7. The Morgan fingerprint density at radius 3 is 2.30 bits per heavy atom. The highest BCUT2D eigenvalue weighted by Gasteiger charge is 2.32. The Balaban J connectivity index is 3.10. The lowest BCUT2D eigenvalue weighted by molar-refractivity contribution is -0.132. The maximum absolute atomic E-state index is 12.2. The first kappa shape index (κ1) is 17.0. The molecule has 0 amide bonds. The second-order valence-electron chi connectivity index (χ2n) is 4.28. The highest BCUT2D eigenvalue weighted by atomic mass is 32.2. The van der Waals surface area contributed by atoms with Crippen molar-refractivity contribution in [3.8, 4) is 0 Å². The van der Waals surface area contributed by atoms with E-state index < -0.39 is 22.6 Å². The summed E-state index contributed by atoms with van der Waals surface area (Å²) in [7, 11) is 0.131. The number of hydrogen-bond donors (Lipinski definition) is 1. The summed E-state index contributed by atoms with van der Waals surface area (Å²) in [6.07, 6.45) is -5.37. The molecule has 0 radical (unpaired) electrons. The molecular formula is C9H15F3N4O2S2. The van der Waals surface area contributed by atoms with Crippen molar-refractivity contribution in [1.29, 1.82) is 0 Å². The Morgan fingerprint density at radius 1 is 1.30 bits per heavy atom. The highest BCUT2D eigenvalue weighted by Crippen LogP contribution is 2.35. The maximum atomic E-state index is 12.2. The van der Waals surface area contributed by atoms with Crippen LogP contribution in [0.25, 0.3) is 0 Å². The van der Waals surface area contributed by atoms with Gasteiger partial charge in [-0.2, -0.15) is 17.5 Å². The Kier molecular flexibility index (Phi) is 4.87. The van der Waals surface area contributed by atoms with Gasteiger partial charge in [0, 0.05) is 27.7 Å². The van der Waals surface area contributed by atoms with Crippen LogP contribution in [-0.2, 0) is 10.0 Å². The standard InChI is InChI=1S/C9H15F3N4O2S2/c1-15(2)20(17,18)6-7(13)14-19-8(6)16(3)5-4-9(10,11)12/h4-5H2,1-3H3,(H2,13,14). The molecule has 0 saturated carbocycles. The number of nitrogens with zero attached hydrogens (tertiary/aromatic N) is 3. The molecule has 1 heterocycles. The van der Waals surface area contributed by atoms with Gasteiger partial charge in [-0.05, 0) is 11.5 Å². The first-order chi connectivity index (χ1) is 8.97. The quantitative estimate of drug-likeness (QED) is 0.881. The minimum Gasteiger partial charge on any atom is -0.382 e. The average Bonchev–Trinajstić information content (AvgIpc) is 2.67. The normalized spacial score (nSPS) is 12.9. The average molecular weight is 332 g/mol.